The number of pyridine rings is 1. The molecule has 1 amide bonds. The van der Waals surface area contributed by atoms with E-state index in [4.69, 9.17) is 21.1 Å². The van der Waals surface area contributed by atoms with E-state index in [1.807, 2.05) is 0 Å². The van der Waals surface area contributed by atoms with Crippen LogP contribution in [0.2, 0.25) is 5.15 Å². The lowest BCUT2D eigenvalue weighted by Gasteiger charge is -2.04. The third kappa shape index (κ3) is 6.12. The summed E-state index contributed by atoms with van der Waals surface area (Å²) >= 11 is 6.83. The largest absolute Gasteiger partial charge is 0.466 e. The summed E-state index contributed by atoms with van der Waals surface area (Å²) in [5.41, 5.74) is 0.681. The summed E-state index contributed by atoms with van der Waals surface area (Å²) in [6, 6.07) is 2.76. The molecule has 0 unspecified atom stereocenters. The van der Waals surface area contributed by atoms with Crippen LogP contribution in [0.15, 0.2) is 23.7 Å². The van der Waals surface area contributed by atoms with Gasteiger partial charge in [0, 0.05) is 11.6 Å². The number of amides is 1. The van der Waals surface area contributed by atoms with Crippen LogP contribution in [0.1, 0.15) is 23.0 Å². The van der Waals surface area contributed by atoms with E-state index in [2.05, 4.69) is 15.3 Å². The molecule has 8 nitrogen and oxygen atoms in total. The molecule has 0 atom stereocenters. The topological polar surface area (TPSA) is 107 Å². The highest BCUT2D eigenvalue weighted by molar-refractivity contribution is 7.13. The number of hydrogen-bond acceptors (Lipinski definition) is 8. The summed E-state index contributed by atoms with van der Waals surface area (Å²) in [4.78, 5) is 42.8. The Kier molecular flexibility index (Phi) is 6.84. The molecule has 132 valence electrons. The quantitative estimate of drug-likeness (QED) is 0.576. The number of nitrogens with zero attached hydrogens (tertiary/aromatic N) is 2. The van der Waals surface area contributed by atoms with Crippen LogP contribution in [0.25, 0.3) is 0 Å². The zero-order valence-corrected chi connectivity index (χ0v) is 14.7. The first-order valence-electron chi connectivity index (χ1n) is 7.16. The van der Waals surface area contributed by atoms with Gasteiger partial charge in [0.2, 0.25) is 0 Å². The highest BCUT2D eigenvalue weighted by Gasteiger charge is 2.13. The first kappa shape index (κ1) is 18.8. The van der Waals surface area contributed by atoms with Crippen molar-refractivity contribution in [2.45, 2.75) is 13.3 Å². The maximum atomic E-state index is 11.8. The Morgan fingerprint density at radius 3 is 2.84 bits per heavy atom. The van der Waals surface area contributed by atoms with Crippen molar-refractivity contribution in [3.8, 4) is 0 Å². The number of esters is 2. The summed E-state index contributed by atoms with van der Waals surface area (Å²) in [7, 11) is 0. The van der Waals surface area contributed by atoms with Crippen molar-refractivity contribution < 1.29 is 23.9 Å². The van der Waals surface area contributed by atoms with Crippen LogP contribution in [0.5, 0.6) is 0 Å². The summed E-state index contributed by atoms with van der Waals surface area (Å²) in [5, 5.41) is 4.57. The Hall–Kier alpha value is -2.52. The zero-order valence-electron chi connectivity index (χ0n) is 13.2. The van der Waals surface area contributed by atoms with Crippen LogP contribution in [0, 0.1) is 0 Å². The Morgan fingerprint density at radius 2 is 2.12 bits per heavy atom. The predicted octanol–water partition coefficient (Wildman–Crippen LogP) is 2.09. The van der Waals surface area contributed by atoms with Crippen LogP contribution >= 0.6 is 22.9 Å². The van der Waals surface area contributed by atoms with E-state index in [-0.39, 0.29) is 17.1 Å². The van der Waals surface area contributed by atoms with E-state index < -0.39 is 24.5 Å². The molecule has 0 aliphatic heterocycles. The second-order valence-corrected chi connectivity index (χ2v) is 5.86. The zero-order chi connectivity index (χ0) is 18.2. The molecule has 0 aromatic carbocycles. The second kappa shape index (κ2) is 9.09. The molecule has 10 heteroatoms. The average molecular weight is 384 g/mol. The van der Waals surface area contributed by atoms with Crippen molar-refractivity contribution in [1.82, 2.24) is 9.97 Å². The van der Waals surface area contributed by atoms with Crippen molar-refractivity contribution in [2.75, 3.05) is 18.5 Å². The van der Waals surface area contributed by atoms with Crippen LogP contribution in [0.3, 0.4) is 0 Å². The number of rotatable bonds is 7. The Labute approximate surface area is 152 Å². The maximum absolute atomic E-state index is 11.8. The minimum atomic E-state index is -0.693. The fraction of sp³-hybridized carbons (Fsp3) is 0.267. The van der Waals surface area contributed by atoms with Crippen molar-refractivity contribution >= 4 is 45.9 Å². The molecule has 1 N–H and O–H groups in total. The van der Waals surface area contributed by atoms with Gasteiger partial charge in [0.15, 0.2) is 11.7 Å². The van der Waals surface area contributed by atoms with Gasteiger partial charge in [-0.2, -0.15) is 0 Å². The minimum Gasteiger partial charge on any atom is -0.466 e. The standard InChI is InChI=1S/C15H14ClN3O5S/c1-2-23-13(21)6-10-8-25-15(18-10)19-12(20)7-24-14(22)9-3-4-17-11(16)5-9/h3-5,8H,2,6-7H2,1H3,(H,18,19,20). The highest BCUT2D eigenvalue weighted by Crippen LogP contribution is 2.16. The van der Waals surface area contributed by atoms with Gasteiger partial charge in [-0.15, -0.1) is 11.3 Å². The summed E-state index contributed by atoms with van der Waals surface area (Å²) < 4.78 is 9.70. The highest BCUT2D eigenvalue weighted by atomic mass is 35.5. The molecule has 0 aliphatic carbocycles. The van der Waals surface area contributed by atoms with Gasteiger partial charge in [-0.25, -0.2) is 14.8 Å². The lowest BCUT2D eigenvalue weighted by atomic mass is 10.3. The third-order valence-electron chi connectivity index (χ3n) is 2.73. The molecule has 0 fully saturated rings. The molecule has 2 rings (SSSR count). The number of carbonyl (C=O) groups is 3. The molecular formula is C15H14ClN3O5S. The Morgan fingerprint density at radius 1 is 1.32 bits per heavy atom. The molecule has 0 bridgehead atoms. The van der Waals surface area contributed by atoms with E-state index in [0.717, 1.165) is 11.3 Å². The molecule has 0 radical (unpaired) electrons. The van der Waals surface area contributed by atoms with E-state index >= 15 is 0 Å². The number of carbonyl (C=O) groups excluding carboxylic acids is 3. The van der Waals surface area contributed by atoms with Gasteiger partial charge in [-0.3, -0.25) is 14.9 Å². The maximum Gasteiger partial charge on any atom is 0.338 e. The first-order valence-corrected chi connectivity index (χ1v) is 8.42. The number of ether oxygens (including phenoxy) is 2. The van der Waals surface area contributed by atoms with Crippen molar-refractivity contribution in [2.24, 2.45) is 0 Å². The fourth-order valence-electron chi connectivity index (χ4n) is 1.70. The lowest BCUT2D eigenvalue weighted by molar-refractivity contribution is -0.142. The summed E-state index contributed by atoms with van der Waals surface area (Å²) in [6.07, 6.45) is 1.39. The van der Waals surface area contributed by atoms with Gasteiger partial charge in [0.1, 0.15) is 5.15 Å². The van der Waals surface area contributed by atoms with Crippen LogP contribution < -0.4 is 5.32 Å². The number of nitrogens with one attached hydrogen (secondary N) is 1. The van der Waals surface area contributed by atoms with E-state index in [1.165, 1.54) is 18.3 Å². The van der Waals surface area contributed by atoms with Crippen molar-refractivity contribution in [1.29, 1.82) is 0 Å². The molecular weight excluding hydrogens is 370 g/mol. The molecule has 2 aromatic rings. The first-order chi connectivity index (χ1) is 12.0. The van der Waals surface area contributed by atoms with Crippen molar-refractivity contribution in [3.63, 3.8) is 0 Å². The molecule has 0 aliphatic rings. The molecule has 2 heterocycles. The number of anilines is 1. The predicted molar refractivity (Wildman–Crippen MR) is 90.6 cm³/mol. The fourth-order valence-corrected chi connectivity index (χ4v) is 2.61. The summed E-state index contributed by atoms with van der Waals surface area (Å²) in [5.74, 6) is -1.64. The number of aromatic nitrogens is 2. The molecule has 25 heavy (non-hydrogen) atoms. The van der Waals surface area contributed by atoms with Gasteiger partial charge in [-0.05, 0) is 19.1 Å². The SMILES string of the molecule is CCOC(=O)Cc1csc(NC(=O)COC(=O)c2ccnc(Cl)c2)n1. The van der Waals surface area contributed by atoms with E-state index in [1.54, 1.807) is 12.3 Å². The number of thiazole rings is 1. The van der Waals surface area contributed by atoms with Crippen LogP contribution in [0.4, 0.5) is 5.13 Å². The molecule has 0 spiro atoms. The smallest absolute Gasteiger partial charge is 0.338 e. The number of halogens is 1. The van der Waals surface area contributed by atoms with Crippen molar-refractivity contribution in [3.05, 3.63) is 40.1 Å². The molecule has 0 saturated carbocycles. The van der Waals surface area contributed by atoms with Gasteiger partial charge in [0.05, 0.1) is 24.3 Å². The van der Waals surface area contributed by atoms with Crippen LogP contribution in [-0.2, 0) is 25.5 Å². The average Bonchev–Trinajstić information content (AvgIpc) is 2.99. The minimum absolute atomic E-state index is 0.0258. The van der Waals surface area contributed by atoms with Gasteiger partial charge in [0.25, 0.3) is 5.91 Å². The van der Waals surface area contributed by atoms with Gasteiger partial charge in [-0.1, -0.05) is 11.6 Å². The lowest BCUT2D eigenvalue weighted by Crippen LogP contribution is -2.21. The molecule has 2 aromatic heterocycles. The normalized spacial score (nSPS) is 10.2. The van der Waals surface area contributed by atoms with E-state index in [9.17, 15) is 14.4 Å². The van der Waals surface area contributed by atoms with Gasteiger partial charge >= 0.3 is 11.9 Å². The second-order valence-electron chi connectivity index (χ2n) is 4.62. The Bertz CT molecular complexity index is 780. The third-order valence-corrected chi connectivity index (χ3v) is 3.74. The van der Waals surface area contributed by atoms with Crippen LogP contribution in [-0.4, -0.2) is 41.0 Å². The monoisotopic (exact) mass is 383 g/mol. The number of hydrogen-bond donors (Lipinski definition) is 1. The Balaban J connectivity index is 1.81. The van der Waals surface area contributed by atoms with Gasteiger partial charge < -0.3 is 9.47 Å². The summed E-state index contributed by atoms with van der Waals surface area (Å²) in [6.45, 7) is 1.53. The molecule has 0 saturated heterocycles. The van der Waals surface area contributed by atoms with E-state index in [0.29, 0.717) is 17.4 Å².